The lowest BCUT2D eigenvalue weighted by Crippen LogP contribution is -2.29. The maximum atomic E-state index is 11.2. The second kappa shape index (κ2) is 8.23. The molecule has 0 fully saturated rings. The normalized spacial score (nSPS) is 11.6. The van der Waals surface area contributed by atoms with Crippen molar-refractivity contribution in [2.75, 3.05) is 32.4 Å². The van der Waals surface area contributed by atoms with E-state index in [-0.39, 0.29) is 11.7 Å². The number of amides is 1. The molecule has 0 radical (unpaired) electrons. The Morgan fingerprint density at radius 1 is 1.33 bits per heavy atom. The number of nitrogens with zero attached hydrogens (tertiary/aromatic N) is 1. The van der Waals surface area contributed by atoms with Crippen molar-refractivity contribution < 1.29 is 17.8 Å². The van der Waals surface area contributed by atoms with E-state index >= 15 is 0 Å². The summed E-state index contributed by atoms with van der Waals surface area (Å²) in [4.78, 5) is 13.1. The van der Waals surface area contributed by atoms with Crippen LogP contribution in [0.4, 0.5) is 0 Å². The molecule has 0 atom stereocenters. The van der Waals surface area contributed by atoms with Gasteiger partial charge in [0.2, 0.25) is 5.91 Å². The zero-order valence-electron chi connectivity index (χ0n) is 11.0. The Hall–Kier alpha value is -0.920. The molecule has 0 spiro atoms. The van der Waals surface area contributed by atoms with E-state index in [0.29, 0.717) is 25.1 Å². The van der Waals surface area contributed by atoms with Crippen molar-refractivity contribution in [1.82, 2.24) is 10.2 Å². The van der Waals surface area contributed by atoms with Crippen LogP contribution < -0.4 is 5.32 Å². The molecule has 0 bridgehead atoms. The van der Waals surface area contributed by atoms with Crippen LogP contribution in [0.25, 0.3) is 0 Å². The molecule has 0 aliphatic heterocycles. The molecule has 106 valence electrons. The number of carbonyl (C=O) groups is 1. The van der Waals surface area contributed by atoms with Crippen molar-refractivity contribution in [2.45, 2.75) is 19.8 Å². The molecule has 0 unspecified atom stereocenters. The van der Waals surface area contributed by atoms with Crippen molar-refractivity contribution in [3.05, 3.63) is 12.2 Å². The second-order valence-corrected chi connectivity index (χ2v) is 5.90. The largest absolute Gasteiger partial charge is 0.352 e. The number of hydrogen-bond acceptors (Lipinski definition) is 4. The third-order valence-corrected chi connectivity index (χ3v) is 3.14. The first kappa shape index (κ1) is 17.1. The van der Waals surface area contributed by atoms with Crippen molar-refractivity contribution in [3.8, 4) is 0 Å². The van der Waals surface area contributed by atoms with E-state index in [9.17, 15) is 13.2 Å². The monoisotopic (exact) mass is 278 g/mol. The van der Waals surface area contributed by atoms with Crippen molar-refractivity contribution in [1.29, 1.82) is 0 Å². The fourth-order valence-corrected chi connectivity index (χ4v) is 1.82. The van der Waals surface area contributed by atoms with Crippen LogP contribution in [0.2, 0.25) is 0 Å². The Labute approximate surface area is 109 Å². The maximum absolute atomic E-state index is 11.2. The average Bonchev–Trinajstić information content (AvgIpc) is 2.22. The Morgan fingerprint density at radius 2 is 1.89 bits per heavy atom. The minimum absolute atomic E-state index is 0.149. The molecule has 0 aromatic rings. The number of hydrogen-bond donors (Lipinski definition) is 2. The summed E-state index contributed by atoms with van der Waals surface area (Å²) >= 11 is 0. The fraction of sp³-hybridized carbons (Fsp3) is 0.727. The predicted octanol–water partition coefficient (Wildman–Crippen LogP) is 0.279. The van der Waals surface area contributed by atoms with Gasteiger partial charge in [0.25, 0.3) is 10.1 Å². The molecular weight excluding hydrogens is 256 g/mol. The summed E-state index contributed by atoms with van der Waals surface area (Å²) in [7, 11) is -1.99. The predicted molar refractivity (Wildman–Crippen MR) is 71.0 cm³/mol. The van der Waals surface area contributed by atoms with Gasteiger partial charge in [-0.05, 0) is 39.9 Å². The van der Waals surface area contributed by atoms with E-state index in [1.165, 1.54) is 0 Å². The number of carbonyl (C=O) groups excluding carboxylic acids is 1. The molecule has 0 aliphatic rings. The first-order valence-corrected chi connectivity index (χ1v) is 7.40. The molecule has 0 aliphatic carbocycles. The van der Waals surface area contributed by atoms with Crippen molar-refractivity contribution in [2.24, 2.45) is 0 Å². The van der Waals surface area contributed by atoms with E-state index in [0.717, 1.165) is 13.0 Å². The summed E-state index contributed by atoms with van der Waals surface area (Å²) in [5, 5.41) is 2.72. The van der Waals surface area contributed by atoms with Gasteiger partial charge in [-0.3, -0.25) is 9.35 Å². The molecule has 0 saturated heterocycles. The molecule has 0 heterocycles. The van der Waals surface area contributed by atoms with E-state index in [4.69, 9.17) is 4.55 Å². The minimum atomic E-state index is -3.86. The smallest absolute Gasteiger partial charge is 0.264 e. The molecule has 0 rings (SSSR count). The van der Waals surface area contributed by atoms with Gasteiger partial charge < -0.3 is 10.2 Å². The topological polar surface area (TPSA) is 86.7 Å². The molecule has 1 amide bonds. The highest BCUT2D eigenvalue weighted by Gasteiger charge is 2.06. The third-order valence-electron chi connectivity index (χ3n) is 2.33. The lowest BCUT2D eigenvalue weighted by molar-refractivity contribution is -0.117. The molecule has 2 N–H and O–H groups in total. The molecular formula is C11H22N2O4S. The lowest BCUT2D eigenvalue weighted by Gasteiger charge is -2.16. The van der Waals surface area contributed by atoms with E-state index in [1.54, 1.807) is 6.92 Å². The third kappa shape index (κ3) is 10.2. The Bertz CT molecular complexity index is 379. The van der Waals surface area contributed by atoms with Crippen LogP contribution >= 0.6 is 0 Å². The van der Waals surface area contributed by atoms with Gasteiger partial charge in [0.05, 0.1) is 5.75 Å². The maximum Gasteiger partial charge on any atom is 0.264 e. The summed E-state index contributed by atoms with van der Waals surface area (Å²) in [6.07, 6.45) is 1.18. The van der Waals surface area contributed by atoms with E-state index < -0.39 is 10.1 Å². The fourth-order valence-electron chi connectivity index (χ4n) is 1.33. The minimum Gasteiger partial charge on any atom is -0.352 e. The first-order valence-electron chi connectivity index (χ1n) is 5.80. The Balaban J connectivity index is 3.57. The molecule has 18 heavy (non-hydrogen) atoms. The SMILES string of the molecule is C=C(C)C(=O)NCCCN(C)CCCS(=O)(=O)O. The number of nitrogens with one attached hydrogen (secondary N) is 1. The molecule has 0 saturated carbocycles. The molecule has 7 heteroatoms. The lowest BCUT2D eigenvalue weighted by atomic mass is 10.3. The zero-order valence-corrected chi connectivity index (χ0v) is 11.8. The van der Waals surface area contributed by atoms with Crippen LogP contribution in [-0.4, -0.2) is 56.2 Å². The van der Waals surface area contributed by atoms with Crippen LogP contribution in [-0.2, 0) is 14.9 Å². The van der Waals surface area contributed by atoms with Gasteiger partial charge in [0.1, 0.15) is 0 Å². The van der Waals surface area contributed by atoms with Crippen molar-refractivity contribution in [3.63, 3.8) is 0 Å². The first-order chi connectivity index (χ1) is 8.22. The highest BCUT2D eigenvalue weighted by Crippen LogP contribution is 1.94. The van der Waals surface area contributed by atoms with Crippen LogP contribution in [0, 0.1) is 0 Å². The standard InChI is InChI=1S/C11H22N2O4S/c1-10(2)11(14)12-6-4-7-13(3)8-5-9-18(15,16)17/h1,4-9H2,2-3H3,(H,12,14)(H,15,16,17). The van der Waals surface area contributed by atoms with Crippen LogP contribution in [0.3, 0.4) is 0 Å². The summed E-state index contributed by atoms with van der Waals surface area (Å²) in [6, 6.07) is 0. The van der Waals surface area contributed by atoms with Gasteiger partial charge >= 0.3 is 0 Å². The van der Waals surface area contributed by atoms with Gasteiger partial charge in [-0.1, -0.05) is 6.58 Å². The summed E-state index contributed by atoms with van der Waals surface area (Å²) in [5.74, 6) is -0.368. The molecule has 6 nitrogen and oxygen atoms in total. The highest BCUT2D eigenvalue weighted by molar-refractivity contribution is 7.85. The summed E-state index contributed by atoms with van der Waals surface area (Å²) in [5.41, 5.74) is 0.483. The quantitative estimate of drug-likeness (QED) is 0.359. The Kier molecular flexibility index (Phi) is 7.81. The van der Waals surface area contributed by atoms with Gasteiger partial charge in [0.15, 0.2) is 0 Å². The van der Waals surface area contributed by atoms with Gasteiger partial charge in [-0.2, -0.15) is 8.42 Å². The van der Waals surface area contributed by atoms with Crippen LogP contribution in [0.15, 0.2) is 12.2 Å². The zero-order chi connectivity index (χ0) is 14.2. The van der Waals surface area contributed by atoms with Gasteiger partial charge in [-0.15, -0.1) is 0 Å². The number of rotatable bonds is 9. The highest BCUT2D eigenvalue weighted by atomic mass is 32.2. The average molecular weight is 278 g/mol. The van der Waals surface area contributed by atoms with E-state index in [1.807, 2.05) is 11.9 Å². The molecule has 0 aromatic carbocycles. The van der Waals surface area contributed by atoms with E-state index in [2.05, 4.69) is 11.9 Å². The summed E-state index contributed by atoms with van der Waals surface area (Å²) in [6.45, 7) is 7.09. The van der Waals surface area contributed by atoms with Crippen LogP contribution in [0.1, 0.15) is 19.8 Å². The second-order valence-electron chi connectivity index (χ2n) is 4.33. The summed E-state index contributed by atoms with van der Waals surface area (Å²) < 4.78 is 29.5. The van der Waals surface area contributed by atoms with Crippen LogP contribution in [0.5, 0.6) is 0 Å². The molecule has 0 aromatic heterocycles. The van der Waals surface area contributed by atoms with Crippen molar-refractivity contribution >= 4 is 16.0 Å². The Morgan fingerprint density at radius 3 is 2.39 bits per heavy atom. The van der Waals surface area contributed by atoms with Gasteiger partial charge in [-0.25, -0.2) is 0 Å². The van der Waals surface area contributed by atoms with Gasteiger partial charge in [0, 0.05) is 12.1 Å².